The molecule has 2 aliphatic heterocycles. The second-order valence-corrected chi connectivity index (χ2v) is 18.7. The maximum atomic E-state index is 13.3. The summed E-state index contributed by atoms with van der Waals surface area (Å²) < 4.78 is 5.85. The lowest BCUT2D eigenvalue weighted by Crippen LogP contribution is -2.37. The molecule has 8 heteroatoms. The van der Waals surface area contributed by atoms with Gasteiger partial charge in [-0.1, -0.05) is 48.5 Å². The van der Waals surface area contributed by atoms with E-state index in [2.05, 4.69) is 88.1 Å². The van der Waals surface area contributed by atoms with E-state index in [0.717, 1.165) is 91.8 Å². The fourth-order valence-electron chi connectivity index (χ4n) is 9.83. The van der Waals surface area contributed by atoms with Gasteiger partial charge in [0.05, 0.1) is 34.2 Å². The Morgan fingerprint density at radius 1 is 0.709 bits per heavy atom. The number of carbonyl (C=O) groups is 1. The smallest absolute Gasteiger partial charge is 0.410 e. The normalized spacial score (nSPS) is 22.2. The highest BCUT2D eigenvalue weighted by Gasteiger charge is 2.55. The molecule has 6 aromatic rings. The molecule has 4 bridgehead atoms. The van der Waals surface area contributed by atoms with E-state index in [1.54, 1.807) is 0 Å². The summed E-state index contributed by atoms with van der Waals surface area (Å²) in [7, 11) is 0. The van der Waals surface area contributed by atoms with E-state index in [-0.39, 0.29) is 17.6 Å². The number of benzene rings is 4. The first-order valence-electron chi connectivity index (χ1n) is 20.5. The summed E-state index contributed by atoms with van der Waals surface area (Å²) >= 11 is 0. The quantitative estimate of drug-likeness (QED) is 0.168. The number of hydrogen-bond acceptors (Lipinski definition) is 5. The van der Waals surface area contributed by atoms with E-state index in [1.165, 1.54) is 63.8 Å². The van der Waals surface area contributed by atoms with E-state index in [4.69, 9.17) is 14.7 Å². The first-order valence-corrected chi connectivity index (χ1v) is 20.5. The largest absolute Gasteiger partial charge is 0.444 e. The first-order chi connectivity index (χ1) is 26.6. The number of likely N-dealkylation sites (tertiary alicyclic amines) is 1. The number of hydrogen-bond donors (Lipinski definition) is 3. The number of H-pyrrole nitrogens is 2. The van der Waals surface area contributed by atoms with Gasteiger partial charge >= 0.3 is 6.09 Å². The molecule has 8 aliphatic rings. The van der Waals surface area contributed by atoms with Crippen molar-refractivity contribution in [1.29, 1.82) is 0 Å². The Bertz CT molecular complexity index is 2510. The van der Waals surface area contributed by atoms with Crippen LogP contribution in [0.4, 0.5) is 4.79 Å². The van der Waals surface area contributed by atoms with Crippen LogP contribution in [0.1, 0.15) is 105 Å². The fraction of sp³-hybridized carbons (Fsp3) is 0.426. The molecule has 3 N–H and O–H groups in total. The third kappa shape index (κ3) is 6.13. The summed E-state index contributed by atoms with van der Waals surface area (Å²) in [5.74, 6) is 1.95. The molecule has 2 saturated carbocycles. The first kappa shape index (κ1) is 33.4. The van der Waals surface area contributed by atoms with Gasteiger partial charge in [-0.05, 0) is 165 Å². The number of ether oxygens (including phenoxy) is 1. The van der Waals surface area contributed by atoms with Crippen molar-refractivity contribution in [1.82, 2.24) is 30.2 Å². The second kappa shape index (κ2) is 12.0. The Labute approximate surface area is 322 Å². The number of amides is 1. The summed E-state index contributed by atoms with van der Waals surface area (Å²) in [6.07, 6.45) is 10.8. The summed E-state index contributed by atoms with van der Waals surface area (Å²) in [5, 5.41) is 3.73. The van der Waals surface area contributed by atoms with Crippen molar-refractivity contribution >= 4 is 28.2 Å². The molecule has 55 heavy (non-hydrogen) atoms. The number of rotatable bonds is 4. The second-order valence-electron chi connectivity index (χ2n) is 18.7. The number of nitrogens with one attached hydrogen (secondary N) is 3. The highest BCUT2D eigenvalue weighted by molar-refractivity contribution is 5.85. The number of fused-ring (bicyclic) bond motifs is 2. The highest BCUT2D eigenvalue weighted by Crippen LogP contribution is 2.58. The van der Waals surface area contributed by atoms with Crippen LogP contribution < -0.4 is 5.32 Å². The topological polar surface area (TPSA) is 98.9 Å². The van der Waals surface area contributed by atoms with Gasteiger partial charge in [0.15, 0.2) is 0 Å². The zero-order chi connectivity index (χ0) is 37.1. The van der Waals surface area contributed by atoms with Crippen LogP contribution in [-0.2, 0) is 30.4 Å². The lowest BCUT2D eigenvalue weighted by Gasteiger charge is -2.27. The monoisotopic (exact) mass is 730 g/mol. The van der Waals surface area contributed by atoms with Gasteiger partial charge in [0.1, 0.15) is 17.2 Å². The van der Waals surface area contributed by atoms with Crippen LogP contribution in [-0.4, -0.2) is 49.6 Å². The summed E-state index contributed by atoms with van der Waals surface area (Å²) in [6, 6.07) is 27.9. The Morgan fingerprint density at radius 3 is 1.85 bits per heavy atom. The molecule has 4 aromatic carbocycles. The molecular formula is C47H50N6O2. The molecule has 1 amide bonds. The number of carbonyl (C=O) groups excluding carboxylic acids is 1. The van der Waals surface area contributed by atoms with Gasteiger partial charge in [-0.25, -0.2) is 14.8 Å². The van der Waals surface area contributed by atoms with Gasteiger partial charge in [0.25, 0.3) is 0 Å². The van der Waals surface area contributed by atoms with Crippen molar-refractivity contribution in [2.24, 2.45) is 10.8 Å². The number of aryl methyl sites for hydroxylation is 4. The highest BCUT2D eigenvalue weighted by atomic mass is 16.6. The SMILES string of the molecule is CC(C)(C)OC(=O)N1CC2(CC2)CC1c1nc2ccc(-c3cc4ccc3CCc3ccc(c(-c5ccc6nc([C@@H]7CC8(CC8)CN7)[nH]c6c5)c3)CC4)cc2[nH]1. The molecule has 14 rings (SSSR count). The zero-order valence-corrected chi connectivity index (χ0v) is 32.2. The van der Waals surface area contributed by atoms with Crippen molar-refractivity contribution in [2.75, 3.05) is 13.1 Å². The molecular weight excluding hydrogens is 681 g/mol. The van der Waals surface area contributed by atoms with Crippen LogP contribution >= 0.6 is 0 Å². The molecule has 2 aromatic heterocycles. The third-order valence-electron chi connectivity index (χ3n) is 13.4. The van der Waals surface area contributed by atoms with E-state index in [0.29, 0.717) is 11.5 Å². The predicted octanol–water partition coefficient (Wildman–Crippen LogP) is 9.93. The summed E-state index contributed by atoms with van der Waals surface area (Å²) in [6.45, 7) is 7.67. The molecule has 4 fully saturated rings. The van der Waals surface area contributed by atoms with Crippen molar-refractivity contribution in [3.63, 3.8) is 0 Å². The van der Waals surface area contributed by atoms with Gasteiger partial charge in [-0.15, -0.1) is 0 Å². The number of aromatic nitrogens is 4. The average molecular weight is 731 g/mol. The standard InChI is InChI=1S/C47H50N6O2/c1-45(2,3)55-44(54)53-27-47(18-19-47)25-41(53)43-50-37-15-13-33(23-39(37)52-43)35-21-29-5-9-30-8-4-28(6-10-31(35)11-7-29)20-34(30)32-12-14-36-38(22-32)51-42(49-36)40-24-46(16-17-46)26-48-40/h4,7-8,11-15,20-23,40-41,48H,5-6,9-10,16-19,24-27H2,1-3H3,(H,49,51)(H,50,52)/t40-,41?/m0/s1. The molecule has 2 atom stereocenters. The third-order valence-corrected chi connectivity index (χ3v) is 13.4. The van der Waals surface area contributed by atoms with Crippen molar-refractivity contribution in [2.45, 2.75) is 103 Å². The Hall–Kier alpha value is -4.95. The molecule has 8 nitrogen and oxygen atoms in total. The lowest BCUT2D eigenvalue weighted by molar-refractivity contribution is 0.0212. The maximum absolute atomic E-state index is 13.3. The van der Waals surface area contributed by atoms with Gasteiger partial charge < -0.3 is 20.0 Å². The van der Waals surface area contributed by atoms with Crippen LogP contribution in [0.15, 0.2) is 72.8 Å². The predicted molar refractivity (Wildman–Crippen MR) is 217 cm³/mol. The van der Waals surface area contributed by atoms with Gasteiger partial charge in [-0.3, -0.25) is 4.90 Å². The number of nitrogens with zero attached hydrogens (tertiary/aromatic N) is 3. The van der Waals surface area contributed by atoms with Crippen LogP contribution in [0.3, 0.4) is 0 Å². The minimum Gasteiger partial charge on any atom is -0.444 e. The van der Waals surface area contributed by atoms with Crippen LogP contribution in [0.25, 0.3) is 44.3 Å². The van der Waals surface area contributed by atoms with Crippen molar-refractivity contribution in [3.8, 4) is 22.3 Å². The van der Waals surface area contributed by atoms with E-state index < -0.39 is 5.60 Å². The zero-order valence-electron chi connectivity index (χ0n) is 32.2. The van der Waals surface area contributed by atoms with Crippen LogP contribution in [0.5, 0.6) is 0 Å². The molecule has 4 heterocycles. The molecule has 0 radical (unpaired) electrons. The number of imidazole rings is 2. The van der Waals surface area contributed by atoms with Gasteiger partial charge in [0, 0.05) is 13.1 Å². The van der Waals surface area contributed by atoms with Crippen LogP contribution in [0.2, 0.25) is 0 Å². The van der Waals surface area contributed by atoms with Gasteiger partial charge in [0.2, 0.25) is 0 Å². The van der Waals surface area contributed by atoms with Crippen LogP contribution in [0, 0.1) is 10.8 Å². The number of aromatic amines is 2. The van der Waals surface area contributed by atoms with Crippen molar-refractivity contribution in [3.05, 3.63) is 107 Å². The van der Waals surface area contributed by atoms with E-state index in [9.17, 15) is 4.79 Å². The summed E-state index contributed by atoms with van der Waals surface area (Å²) in [4.78, 5) is 32.7. The van der Waals surface area contributed by atoms with Crippen molar-refractivity contribution < 1.29 is 9.53 Å². The Morgan fingerprint density at radius 2 is 1.29 bits per heavy atom. The van der Waals surface area contributed by atoms with Gasteiger partial charge in [-0.2, -0.15) is 0 Å². The summed E-state index contributed by atoms with van der Waals surface area (Å²) in [5.41, 5.74) is 14.9. The Balaban J connectivity index is 0.867. The average Bonchev–Trinajstić information content (AvgIpc) is 3.79. The molecule has 2 spiro atoms. The molecule has 6 aliphatic carbocycles. The Kier molecular flexibility index (Phi) is 7.30. The lowest BCUT2D eigenvalue weighted by atomic mass is 9.87. The maximum Gasteiger partial charge on any atom is 0.410 e. The molecule has 280 valence electrons. The molecule has 2 saturated heterocycles. The fourth-order valence-corrected chi connectivity index (χ4v) is 9.83. The molecule has 1 unspecified atom stereocenters. The minimum absolute atomic E-state index is 0.100. The van der Waals surface area contributed by atoms with E-state index in [1.807, 2.05) is 25.7 Å². The minimum atomic E-state index is -0.535. The van der Waals surface area contributed by atoms with E-state index >= 15 is 0 Å².